The molecular formula is C21H20F6O. The first-order chi connectivity index (χ1) is 13.2. The standard InChI is InChI=1S/C21H20F6O/c1-3-4-13-5-7-14(8-6-13)19(23)20(24)16-10-9-15(17(22)11-16)12-18(28-2)21(25,26)27/h5-11,18H,3-4,12H2,1-2H3/b20-19-. The Hall–Kier alpha value is -2.28. The van der Waals surface area contributed by atoms with Crippen LogP contribution in [-0.4, -0.2) is 19.4 Å². The summed E-state index contributed by atoms with van der Waals surface area (Å²) < 4.78 is 85.6. The van der Waals surface area contributed by atoms with Crippen LogP contribution >= 0.6 is 0 Å². The van der Waals surface area contributed by atoms with Crippen molar-refractivity contribution in [1.29, 1.82) is 0 Å². The van der Waals surface area contributed by atoms with E-state index in [9.17, 15) is 26.3 Å². The molecule has 0 N–H and O–H groups in total. The van der Waals surface area contributed by atoms with E-state index in [0.717, 1.165) is 37.6 Å². The van der Waals surface area contributed by atoms with Gasteiger partial charge in [0.25, 0.3) is 0 Å². The quantitative estimate of drug-likeness (QED) is 0.372. The van der Waals surface area contributed by atoms with Gasteiger partial charge < -0.3 is 4.74 Å². The van der Waals surface area contributed by atoms with Gasteiger partial charge in [-0.1, -0.05) is 49.7 Å². The van der Waals surface area contributed by atoms with Crippen molar-refractivity contribution < 1.29 is 31.1 Å². The molecule has 0 saturated carbocycles. The first-order valence-corrected chi connectivity index (χ1v) is 8.70. The zero-order chi connectivity index (χ0) is 20.9. The van der Waals surface area contributed by atoms with E-state index in [1.165, 1.54) is 12.1 Å². The van der Waals surface area contributed by atoms with E-state index in [-0.39, 0.29) is 11.1 Å². The highest BCUT2D eigenvalue weighted by Gasteiger charge is 2.40. The zero-order valence-corrected chi connectivity index (χ0v) is 15.4. The first-order valence-electron chi connectivity index (χ1n) is 8.70. The molecule has 1 unspecified atom stereocenters. The number of ether oxygens (including phenoxy) is 1. The molecule has 0 aromatic heterocycles. The lowest BCUT2D eigenvalue weighted by molar-refractivity contribution is -0.212. The maximum atomic E-state index is 14.4. The Balaban J connectivity index is 2.27. The summed E-state index contributed by atoms with van der Waals surface area (Å²) >= 11 is 0. The van der Waals surface area contributed by atoms with Crippen LogP contribution in [0.15, 0.2) is 42.5 Å². The third-order valence-corrected chi connectivity index (χ3v) is 4.30. The second-order valence-electron chi connectivity index (χ2n) is 6.35. The third kappa shape index (κ3) is 5.38. The smallest absolute Gasteiger partial charge is 0.372 e. The van der Waals surface area contributed by atoms with Gasteiger partial charge in [0.1, 0.15) is 5.82 Å². The van der Waals surface area contributed by atoms with E-state index in [1.54, 1.807) is 12.1 Å². The lowest BCUT2D eigenvalue weighted by atomic mass is 10.0. The SMILES string of the molecule is CCCc1ccc(/C(F)=C(/F)c2ccc(CC(OC)C(F)(F)F)c(F)c2)cc1. The summed E-state index contributed by atoms with van der Waals surface area (Å²) in [4.78, 5) is 0. The van der Waals surface area contributed by atoms with Gasteiger partial charge >= 0.3 is 6.18 Å². The Morgan fingerprint density at radius 3 is 2.04 bits per heavy atom. The lowest BCUT2D eigenvalue weighted by Gasteiger charge is -2.19. The zero-order valence-electron chi connectivity index (χ0n) is 15.4. The van der Waals surface area contributed by atoms with Gasteiger partial charge in [-0.3, -0.25) is 0 Å². The van der Waals surface area contributed by atoms with Crippen LogP contribution in [-0.2, 0) is 17.6 Å². The fourth-order valence-electron chi connectivity index (χ4n) is 2.74. The third-order valence-electron chi connectivity index (χ3n) is 4.30. The monoisotopic (exact) mass is 402 g/mol. The van der Waals surface area contributed by atoms with Gasteiger partial charge in [-0.15, -0.1) is 0 Å². The summed E-state index contributed by atoms with van der Waals surface area (Å²) in [5.41, 5.74) is 0.285. The molecule has 0 aliphatic rings. The van der Waals surface area contributed by atoms with Gasteiger partial charge in [0.2, 0.25) is 0 Å². The number of hydrogen-bond donors (Lipinski definition) is 0. The molecule has 0 heterocycles. The van der Waals surface area contributed by atoms with E-state index in [1.807, 2.05) is 6.92 Å². The number of hydrogen-bond acceptors (Lipinski definition) is 1. The van der Waals surface area contributed by atoms with Crippen LogP contribution < -0.4 is 0 Å². The Labute approximate surface area is 159 Å². The van der Waals surface area contributed by atoms with Crippen LogP contribution in [0, 0.1) is 5.82 Å². The molecule has 2 aromatic carbocycles. The topological polar surface area (TPSA) is 9.23 Å². The van der Waals surface area contributed by atoms with Gasteiger partial charge in [0.15, 0.2) is 17.8 Å². The van der Waals surface area contributed by atoms with Crippen molar-refractivity contribution in [2.75, 3.05) is 7.11 Å². The Morgan fingerprint density at radius 1 is 0.964 bits per heavy atom. The molecule has 152 valence electrons. The van der Waals surface area contributed by atoms with Gasteiger partial charge in [0.05, 0.1) is 0 Å². The summed E-state index contributed by atoms with van der Waals surface area (Å²) in [6.07, 6.45) is -5.90. The second kappa shape index (κ2) is 9.28. The minimum absolute atomic E-state index is 0.00152. The average molecular weight is 402 g/mol. The summed E-state index contributed by atoms with van der Waals surface area (Å²) in [6, 6.07) is 8.93. The molecule has 0 aliphatic heterocycles. The molecule has 28 heavy (non-hydrogen) atoms. The molecule has 0 spiro atoms. The molecule has 0 radical (unpaired) electrons. The Morgan fingerprint density at radius 2 is 1.54 bits per heavy atom. The van der Waals surface area contributed by atoms with E-state index < -0.39 is 41.7 Å². The summed E-state index contributed by atoms with van der Waals surface area (Å²) in [5.74, 6) is -3.52. The molecule has 2 aromatic rings. The molecule has 0 fully saturated rings. The molecule has 0 saturated heterocycles. The highest BCUT2D eigenvalue weighted by molar-refractivity contribution is 5.83. The van der Waals surface area contributed by atoms with E-state index >= 15 is 0 Å². The molecule has 0 aliphatic carbocycles. The summed E-state index contributed by atoms with van der Waals surface area (Å²) in [6.45, 7) is 2.00. The molecule has 7 heteroatoms. The molecule has 1 nitrogen and oxygen atoms in total. The van der Waals surface area contributed by atoms with E-state index in [0.29, 0.717) is 6.07 Å². The number of alkyl halides is 3. The maximum absolute atomic E-state index is 14.4. The van der Waals surface area contributed by atoms with Crippen molar-refractivity contribution in [3.05, 3.63) is 70.5 Å². The van der Waals surface area contributed by atoms with Gasteiger partial charge in [-0.05, 0) is 23.6 Å². The predicted octanol–water partition coefficient (Wildman–Crippen LogP) is 6.66. The van der Waals surface area contributed by atoms with Crippen LogP contribution in [0.1, 0.15) is 35.6 Å². The van der Waals surface area contributed by atoms with Crippen molar-refractivity contribution in [2.45, 2.75) is 38.5 Å². The highest BCUT2D eigenvalue weighted by atomic mass is 19.4. The van der Waals surface area contributed by atoms with E-state index in [2.05, 4.69) is 4.74 Å². The number of rotatable bonds is 7. The van der Waals surface area contributed by atoms with Crippen molar-refractivity contribution in [1.82, 2.24) is 0 Å². The summed E-state index contributed by atoms with van der Waals surface area (Å²) in [5, 5.41) is 0. The van der Waals surface area contributed by atoms with Crippen LogP contribution in [0.5, 0.6) is 0 Å². The predicted molar refractivity (Wildman–Crippen MR) is 96.4 cm³/mol. The fourth-order valence-corrected chi connectivity index (χ4v) is 2.74. The van der Waals surface area contributed by atoms with Gasteiger partial charge in [-0.2, -0.15) is 13.2 Å². The van der Waals surface area contributed by atoms with Crippen molar-refractivity contribution in [2.24, 2.45) is 0 Å². The van der Waals surface area contributed by atoms with Crippen LogP contribution in [0.25, 0.3) is 11.7 Å². The highest BCUT2D eigenvalue weighted by Crippen LogP contribution is 2.31. The number of halogens is 6. The molecule has 0 bridgehead atoms. The largest absolute Gasteiger partial charge is 0.414 e. The van der Waals surface area contributed by atoms with Crippen LogP contribution in [0.4, 0.5) is 26.3 Å². The fraction of sp³-hybridized carbons (Fsp3) is 0.333. The van der Waals surface area contributed by atoms with Gasteiger partial charge in [-0.25, -0.2) is 13.2 Å². The number of methoxy groups -OCH3 is 1. The molecular weight excluding hydrogens is 382 g/mol. The van der Waals surface area contributed by atoms with Gasteiger partial charge in [0, 0.05) is 24.7 Å². The Bertz CT molecular complexity index is 824. The maximum Gasteiger partial charge on any atom is 0.414 e. The van der Waals surface area contributed by atoms with Crippen molar-refractivity contribution in [3.63, 3.8) is 0 Å². The first kappa shape index (κ1) is 22.0. The lowest BCUT2D eigenvalue weighted by Crippen LogP contribution is -2.32. The van der Waals surface area contributed by atoms with Crippen molar-refractivity contribution >= 4 is 11.7 Å². The van der Waals surface area contributed by atoms with Crippen LogP contribution in [0.2, 0.25) is 0 Å². The Kier molecular flexibility index (Phi) is 7.29. The number of benzene rings is 2. The molecule has 1 atom stereocenters. The van der Waals surface area contributed by atoms with Crippen LogP contribution in [0.3, 0.4) is 0 Å². The molecule has 2 rings (SSSR count). The minimum atomic E-state index is -4.67. The van der Waals surface area contributed by atoms with Crippen molar-refractivity contribution in [3.8, 4) is 0 Å². The second-order valence-corrected chi connectivity index (χ2v) is 6.35. The molecule has 0 amide bonds. The normalized spacial score (nSPS) is 14.0. The summed E-state index contributed by atoms with van der Waals surface area (Å²) in [7, 11) is 0.869. The average Bonchev–Trinajstić information content (AvgIpc) is 2.65. The number of aryl methyl sites for hydroxylation is 1. The van der Waals surface area contributed by atoms with E-state index in [4.69, 9.17) is 0 Å². The minimum Gasteiger partial charge on any atom is -0.372 e.